The Morgan fingerprint density at radius 1 is 1.50 bits per heavy atom. The van der Waals surface area contributed by atoms with Crippen molar-refractivity contribution >= 4 is 29.5 Å². The van der Waals surface area contributed by atoms with Crippen LogP contribution in [0.5, 0.6) is 0 Å². The Kier molecular flexibility index (Phi) is 6.14. The van der Waals surface area contributed by atoms with E-state index in [1.807, 2.05) is 13.8 Å². The largest absolute Gasteiger partial charge is 0.362 e. The lowest BCUT2D eigenvalue weighted by Crippen LogP contribution is -2.41. The predicted octanol–water partition coefficient (Wildman–Crippen LogP) is -0.0228. The molecule has 1 saturated heterocycles. The maximum atomic E-state index is 11.8. The molecule has 0 aromatic heterocycles. The van der Waals surface area contributed by atoms with Crippen molar-refractivity contribution in [2.45, 2.75) is 25.5 Å². The lowest BCUT2D eigenvalue weighted by molar-refractivity contribution is -0.142. The highest BCUT2D eigenvalue weighted by Gasteiger charge is 2.39. The minimum Gasteiger partial charge on any atom is -0.362 e. The Hall–Kier alpha value is -1.08. The van der Waals surface area contributed by atoms with E-state index in [4.69, 9.17) is 4.74 Å². The maximum absolute atomic E-state index is 11.8. The monoisotopic (exact) mass is 274 g/mol. The van der Waals surface area contributed by atoms with Crippen molar-refractivity contribution in [1.82, 2.24) is 10.2 Å². The molecule has 0 aromatic rings. The number of amides is 3. The summed E-state index contributed by atoms with van der Waals surface area (Å²) in [5.74, 6) is -0.156. The van der Waals surface area contributed by atoms with Crippen LogP contribution in [0.3, 0.4) is 0 Å². The van der Waals surface area contributed by atoms with Gasteiger partial charge < -0.3 is 10.1 Å². The molecular formula is C11H18N2O4S. The highest BCUT2D eigenvalue weighted by atomic mass is 32.2. The van der Waals surface area contributed by atoms with Gasteiger partial charge in [0.25, 0.3) is 0 Å². The van der Waals surface area contributed by atoms with E-state index < -0.39 is 0 Å². The van der Waals surface area contributed by atoms with Gasteiger partial charge in [0.2, 0.25) is 17.7 Å². The van der Waals surface area contributed by atoms with Crippen LogP contribution >= 0.6 is 11.8 Å². The minimum absolute atomic E-state index is 0.0959. The van der Waals surface area contributed by atoms with E-state index in [0.29, 0.717) is 6.61 Å². The molecule has 1 N–H and O–H groups in total. The van der Waals surface area contributed by atoms with Crippen molar-refractivity contribution < 1.29 is 19.1 Å². The lowest BCUT2D eigenvalue weighted by Gasteiger charge is -2.14. The molecule has 18 heavy (non-hydrogen) atoms. The second-order valence-corrected chi connectivity index (χ2v) is 5.18. The van der Waals surface area contributed by atoms with E-state index >= 15 is 0 Å². The first-order chi connectivity index (χ1) is 8.60. The van der Waals surface area contributed by atoms with Gasteiger partial charge in [-0.15, -0.1) is 11.8 Å². The summed E-state index contributed by atoms with van der Waals surface area (Å²) in [6, 6.07) is 0. The average molecular weight is 274 g/mol. The molecule has 0 aromatic carbocycles. The molecule has 1 rings (SSSR count). The van der Waals surface area contributed by atoms with Gasteiger partial charge in [0.1, 0.15) is 13.3 Å². The molecule has 0 bridgehead atoms. The van der Waals surface area contributed by atoms with Gasteiger partial charge in [-0.3, -0.25) is 19.3 Å². The van der Waals surface area contributed by atoms with E-state index in [0.717, 1.165) is 10.7 Å². The molecule has 1 heterocycles. The predicted molar refractivity (Wildman–Crippen MR) is 67.9 cm³/mol. The van der Waals surface area contributed by atoms with Crippen molar-refractivity contribution in [1.29, 1.82) is 0 Å². The number of thioether (sulfide) groups is 1. The fraction of sp³-hybridized carbons (Fsp3) is 0.727. The van der Waals surface area contributed by atoms with Crippen LogP contribution in [0.2, 0.25) is 0 Å². The Morgan fingerprint density at radius 2 is 2.22 bits per heavy atom. The first-order valence-corrected chi connectivity index (χ1v) is 6.95. The van der Waals surface area contributed by atoms with Gasteiger partial charge in [0.05, 0.1) is 5.25 Å². The molecule has 3 amide bonds. The maximum Gasteiger partial charge on any atom is 0.243 e. The van der Waals surface area contributed by atoms with Crippen molar-refractivity contribution in [3.63, 3.8) is 0 Å². The molecule has 0 saturated carbocycles. The van der Waals surface area contributed by atoms with E-state index in [9.17, 15) is 14.4 Å². The molecule has 0 aliphatic carbocycles. The standard InChI is InChI=1S/C11H18N2O4S/c1-3-17-7-12-9(14)6-13-10(15)5-8(11(13)16)18-4-2/h8H,3-7H2,1-2H3,(H,12,14). The van der Waals surface area contributed by atoms with Crippen LogP contribution in [0.4, 0.5) is 0 Å². The second kappa shape index (κ2) is 7.38. The minimum atomic E-state index is -0.382. The fourth-order valence-corrected chi connectivity index (χ4v) is 2.52. The van der Waals surface area contributed by atoms with Crippen LogP contribution in [-0.2, 0) is 19.1 Å². The molecular weight excluding hydrogens is 256 g/mol. The third kappa shape index (κ3) is 3.99. The lowest BCUT2D eigenvalue weighted by atomic mass is 10.4. The third-order valence-corrected chi connectivity index (χ3v) is 3.55. The van der Waals surface area contributed by atoms with Crippen molar-refractivity contribution in [2.75, 3.05) is 25.6 Å². The summed E-state index contributed by atoms with van der Waals surface area (Å²) in [7, 11) is 0. The van der Waals surface area contributed by atoms with Gasteiger partial charge in [-0.2, -0.15) is 0 Å². The van der Waals surface area contributed by atoms with E-state index in [2.05, 4.69) is 5.32 Å². The van der Waals surface area contributed by atoms with Crippen LogP contribution < -0.4 is 5.32 Å². The van der Waals surface area contributed by atoms with Crippen LogP contribution in [0.15, 0.2) is 0 Å². The highest BCUT2D eigenvalue weighted by molar-refractivity contribution is 8.00. The normalized spacial score (nSPS) is 19.4. The summed E-state index contributed by atoms with van der Waals surface area (Å²) in [6.07, 6.45) is 0.191. The quantitative estimate of drug-likeness (QED) is 0.401. The van der Waals surface area contributed by atoms with Crippen molar-refractivity contribution in [3.05, 3.63) is 0 Å². The number of imide groups is 1. The van der Waals surface area contributed by atoms with Crippen molar-refractivity contribution in [2.24, 2.45) is 0 Å². The molecule has 1 aliphatic rings. The Morgan fingerprint density at radius 3 is 2.83 bits per heavy atom. The Bertz CT molecular complexity index is 335. The SMILES string of the molecule is CCOCNC(=O)CN1C(=O)CC(SCC)C1=O. The number of ether oxygens (including phenoxy) is 1. The van der Waals surface area contributed by atoms with Gasteiger partial charge >= 0.3 is 0 Å². The molecule has 0 spiro atoms. The smallest absolute Gasteiger partial charge is 0.243 e. The average Bonchev–Trinajstić information content (AvgIpc) is 2.58. The summed E-state index contributed by atoms with van der Waals surface area (Å²) >= 11 is 1.43. The number of likely N-dealkylation sites (tertiary alicyclic amines) is 1. The zero-order valence-electron chi connectivity index (χ0n) is 10.6. The molecule has 6 nitrogen and oxygen atoms in total. The number of rotatable bonds is 7. The molecule has 0 radical (unpaired) electrons. The second-order valence-electron chi connectivity index (χ2n) is 3.70. The van der Waals surface area contributed by atoms with E-state index in [-0.39, 0.29) is 42.7 Å². The molecule has 1 aliphatic heterocycles. The van der Waals surface area contributed by atoms with Crippen LogP contribution in [0, 0.1) is 0 Å². The first kappa shape index (κ1) is 15.0. The summed E-state index contributed by atoms with van der Waals surface area (Å²) in [4.78, 5) is 36.0. The number of nitrogens with one attached hydrogen (secondary N) is 1. The number of carbonyl (C=O) groups is 3. The highest BCUT2D eigenvalue weighted by Crippen LogP contribution is 2.24. The van der Waals surface area contributed by atoms with Crippen LogP contribution in [-0.4, -0.2) is 53.5 Å². The first-order valence-electron chi connectivity index (χ1n) is 5.90. The van der Waals surface area contributed by atoms with Crippen LogP contribution in [0.25, 0.3) is 0 Å². The number of nitrogens with zero attached hydrogens (tertiary/aromatic N) is 1. The van der Waals surface area contributed by atoms with Gasteiger partial charge in [-0.1, -0.05) is 6.92 Å². The molecule has 102 valence electrons. The van der Waals surface area contributed by atoms with E-state index in [1.165, 1.54) is 11.8 Å². The molecule has 7 heteroatoms. The van der Waals surface area contributed by atoms with E-state index in [1.54, 1.807) is 0 Å². The zero-order chi connectivity index (χ0) is 13.5. The molecule has 1 fully saturated rings. The summed E-state index contributed by atoms with van der Waals surface area (Å²) in [6.45, 7) is 4.12. The number of carbonyl (C=O) groups excluding carboxylic acids is 3. The third-order valence-electron chi connectivity index (χ3n) is 2.45. The Labute approximate surface area is 110 Å². The topological polar surface area (TPSA) is 75.7 Å². The van der Waals surface area contributed by atoms with Gasteiger partial charge in [-0.25, -0.2) is 0 Å². The van der Waals surface area contributed by atoms with Crippen LogP contribution in [0.1, 0.15) is 20.3 Å². The number of hydrogen-bond donors (Lipinski definition) is 1. The summed E-state index contributed by atoms with van der Waals surface area (Å²) in [5, 5.41) is 2.15. The summed E-state index contributed by atoms with van der Waals surface area (Å²) in [5.41, 5.74) is 0. The summed E-state index contributed by atoms with van der Waals surface area (Å²) < 4.78 is 4.96. The zero-order valence-corrected chi connectivity index (χ0v) is 11.4. The van der Waals surface area contributed by atoms with Gasteiger partial charge in [0, 0.05) is 13.0 Å². The molecule has 1 unspecified atom stereocenters. The fourth-order valence-electron chi connectivity index (χ4n) is 1.58. The number of hydrogen-bond acceptors (Lipinski definition) is 5. The van der Waals surface area contributed by atoms with Crippen molar-refractivity contribution in [3.8, 4) is 0 Å². The van der Waals surface area contributed by atoms with Gasteiger partial charge in [0.15, 0.2) is 0 Å². The Balaban J connectivity index is 2.44. The van der Waals surface area contributed by atoms with Gasteiger partial charge in [-0.05, 0) is 12.7 Å². The molecule has 1 atom stereocenters.